The SMILES string of the molecule is CCOc1ccc(NC(=O)COC(=O)C[C@@H]2CCS(=O)(=O)C2)cc1. The predicted molar refractivity (Wildman–Crippen MR) is 88.6 cm³/mol. The zero-order chi connectivity index (χ0) is 17.6. The lowest BCUT2D eigenvalue weighted by Gasteiger charge is -2.09. The summed E-state index contributed by atoms with van der Waals surface area (Å²) in [6, 6.07) is 6.83. The van der Waals surface area contributed by atoms with Crippen LogP contribution in [-0.4, -0.2) is 45.0 Å². The van der Waals surface area contributed by atoms with Gasteiger partial charge in [0.2, 0.25) is 0 Å². The quantitative estimate of drug-likeness (QED) is 0.742. The molecule has 0 unspecified atom stereocenters. The molecular weight excluding hydrogens is 334 g/mol. The topological polar surface area (TPSA) is 98.8 Å². The van der Waals surface area contributed by atoms with Crippen molar-refractivity contribution in [3.63, 3.8) is 0 Å². The summed E-state index contributed by atoms with van der Waals surface area (Å²) in [5.74, 6) is -0.389. The van der Waals surface area contributed by atoms with Gasteiger partial charge >= 0.3 is 5.97 Å². The molecule has 0 aliphatic carbocycles. The van der Waals surface area contributed by atoms with Gasteiger partial charge in [-0.3, -0.25) is 9.59 Å². The third-order valence-electron chi connectivity index (χ3n) is 3.60. The van der Waals surface area contributed by atoms with Crippen LogP contribution in [0.4, 0.5) is 5.69 Å². The fraction of sp³-hybridized carbons (Fsp3) is 0.500. The lowest BCUT2D eigenvalue weighted by Crippen LogP contribution is -2.22. The summed E-state index contributed by atoms with van der Waals surface area (Å²) < 4.78 is 32.9. The molecule has 1 aliphatic rings. The van der Waals surface area contributed by atoms with Gasteiger partial charge in [-0.1, -0.05) is 0 Å². The predicted octanol–water partition coefficient (Wildman–Crippen LogP) is 1.39. The van der Waals surface area contributed by atoms with Crippen LogP contribution in [0.25, 0.3) is 0 Å². The fourth-order valence-electron chi connectivity index (χ4n) is 2.47. The number of nitrogens with one attached hydrogen (secondary N) is 1. The highest BCUT2D eigenvalue weighted by Crippen LogP contribution is 2.22. The Bertz CT molecular complexity index is 683. The van der Waals surface area contributed by atoms with Crippen LogP contribution in [0.5, 0.6) is 5.75 Å². The van der Waals surface area contributed by atoms with E-state index in [0.29, 0.717) is 24.5 Å². The van der Waals surface area contributed by atoms with E-state index in [-0.39, 0.29) is 23.8 Å². The van der Waals surface area contributed by atoms with Gasteiger partial charge in [0.15, 0.2) is 16.4 Å². The molecule has 0 spiro atoms. The Morgan fingerprint density at radius 1 is 1.25 bits per heavy atom. The monoisotopic (exact) mass is 355 g/mol. The van der Waals surface area contributed by atoms with Crippen LogP contribution in [0.15, 0.2) is 24.3 Å². The van der Waals surface area contributed by atoms with E-state index in [9.17, 15) is 18.0 Å². The molecule has 1 N–H and O–H groups in total. The summed E-state index contributed by atoms with van der Waals surface area (Å²) in [4.78, 5) is 23.4. The lowest BCUT2D eigenvalue weighted by atomic mass is 10.1. The van der Waals surface area contributed by atoms with Gasteiger partial charge in [-0.15, -0.1) is 0 Å². The molecule has 0 radical (unpaired) electrons. The molecule has 0 saturated carbocycles. The van der Waals surface area contributed by atoms with E-state index < -0.39 is 28.3 Å². The molecule has 2 rings (SSSR count). The number of hydrogen-bond acceptors (Lipinski definition) is 6. The van der Waals surface area contributed by atoms with Crippen molar-refractivity contribution in [3.8, 4) is 5.75 Å². The molecule has 1 fully saturated rings. The number of ether oxygens (including phenoxy) is 2. The summed E-state index contributed by atoms with van der Waals surface area (Å²) in [6.45, 7) is 2.04. The van der Waals surface area contributed by atoms with Crippen molar-refractivity contribution in [2.45, 2.75) is 19.8 Å². The van der Waals surface area contributed by atoms with Crippen LogP contribution in [-0.2, 0) is 24.2 Å². The molecule has 24 heavy (non-hydrogen) atoms. The third-order valence-corrected chi connectivity index (χ3v) is 5.43. The van der Waals surface area contributed by atoms with Crippen molar-refractivity contribution in [2.75, 3.05) is 30.0 Å². The maximum absolute atomic E-state index is 11.8. The van der Waals surface area contributed by atoms with Gasteiger partial charge < -0.3 is 14.8 Å². The molecule has 1 aliphatic heterocycles. The highest BCUT2D eigenvalue weighted by atomic mass is 32.2. The van der Waals surface area contributed by atoms with Crippen molar-refractivity contribution in [3.05, 3.63) is 24.3 Å². The zero-order valence-electron chi connectivity index (χ0n) is 13.5. The number of carbonyl (C=O) groups excluding carboxylic acids is 2. The third kappa shape index (κ3) is 5.84. The minimum Gasteiger partial charge on any atom is -0.494 e. The molecule has 1 aromatic rings. The number of anilines is 1. The molecule has 1 heterocycles. The highest BCUT2D eigenvalue weighted by molar-refractivity contribution is 7.91. The first-order valence-electron chi connectivity index (χ1n) is 7.76. The standard InChI is InChI=1S/C16H21NO6S/c1-2-22-14-5-3-13(4-6-14)17-15(18)10-23-16(19)9-12-7-8-24(20,21)11-12/h3-6,12H,2,7-11H2,1H3,(H,17,18)/t12-/m0/s1. The number of amides is 1. The van der Waals surface area contributed by atoms with E-state index in [1.165, 1.54) is 0 Å². The van der Waals surface area contributed by atoms with Crippen molar-refractivity contribution >= 4 is 27.4 Å². The summed E-state index contributed by atoms with van der Waals surface area (Å²) in [5, 5.41) is 2.61. The van der Waals surface area contributed by atoms with Crippen molar-refractivity contribution in [1.82, 2.24) is 0 Å². The van der Waals surface area contributed by atoms with Gasteiger partial charge in [-0.25, -0.2) is 8.42 Å². The maximum Gasteiger partial charge on any atom is 0.306 e. The van der Waals surface area contributed by atoms with Crippen LogP contribution < -0.4 is 10.1 Å². The van der Waals surface area contributed by atoms with E-state index in [1.54, 1.807) is 24.3 Å². The second-order valence-corrected chi connectivity index (χ2v) is 7.87. The van der Waals surface area contributed by atoms with E-state index in [2.05, 4.69) is 5.32 Å². The zero-order valence-corrected chi connectivity index (χ0v) is 14.3. The molecule has 132 valence electrons. The molecule has 1 aromatic carbocycles. The number of rotatable bonds is 7. The van der Waals surface area contributed by atoms with Crippen LogP contribution in [0.1, 0.15) is 19.8 Å². The van der Waals surface area contributed by atoms with Gasteiger partial charge in [0.05, 0.1) is 18.1 Å². The van der Waals surface area contributed by atoms with E-state index >= 15 is 0 Å². The fourth-order valence-corrected chi connectivity index (χ4v) is 4.33. The van der Waals surface area contributed by atoms with Crippen LogP contribution in [0, 0.1) is 5.92 Å². The van der Waals surface area contributed by atoms with Gasteiger partial charge in [-0.05, 0) is 43.5 Å². The minimum absolute atomic E-state index is 0.0144. The van der Waals surface area contributed by atoms with Gasteiger partial charge in [0.1, 0.15) is 5.75 Å². The second-order valence-electron chi connectivity index (χ2n) is 5.64. The molecule has 0 bridgehead atoms. The smallest absolute Gasteiger partial charge is 0.306 e. The average molecular weight is 355 g/mol. The number of hydrogen-bond donors (Lipinski definition) is 1. The minimum atomic E-state index is -3.02. The number of benzene rings is 1. The van der Waals surface area contributed by atoms with Gasteiger partial charge in [-0.2, -0.15) is 0 Å². The summed E-state index contributed by atoms with van der Waals surface area (Å²) in [6.07, 6.45) is 0.491. The first-order chi connectivity index (χ1) is 11.4. The van der Waals surface area contributed by atoms with Gasteiger partial charge in [0, 0.05) is 12.1 Å². The van der Waals surface area contributed by atoms with Crippen LogP contribution in [0.2, 0.25) is 0 Å². The summed E-state index contributed by atoms with van der Waals surface area (Å²) >= 11 is 0. The molecule has 0 aromatic heterocycles. The van der Waals surface area contributed by atoms with E-state index in [4.69, 9.17) is 9.47 Å². The van der Waals surface area contributed by atoms with Crippen LogP contribution >= 0.6 is 0 Å². The van der Waals surface area contributed by atoms with Crippen molar-refractivity contribution in [1.29, 1.82) is 0 Å². The number of esters is 1. The first-order valence-corrected chi connectivity index (χ1v) is 9.59. The molecule has 7 nitrogen and oxygen atoms in total. The summed E-state index contributed by atoms with van der Waals surface area (Å²) in [5.41, 5.74) is 0.571. The first kappa shape index (κ1) is 18.3. The van der Waals surface area contributed by atoms with Crippen molar-refractivity contribution in [2.24, 2.45) is 5.92 Å². The Morgan fingerprint density at radius 2 is 1.96 bits per heavy atom. The van der Waals surface area contributed by atoms with Crippen molar-refractivity contribution < 1.29 is 27.5 Å². The van der Waals surface area contributed by atoms with Gasteiger partial charge in [0.25, 0.3) is 5.91 Å². The molecule has 8 heteroatoms. The Labute approximate surface area is 141 Å². The summed E-state index contributed by atoms with van der Waals surface area (Å²) in [7, 11) is -3.02. The Hall–Kier alpha value is -2.09. The molecular formula is C16H21NO6S. The maximum atomic E-state index is 11.8. The lowest BCUT2D eigenvalue weighted by molar-refractivity contribution is -0.148. The molecule has 1 saturated heterocycles. The number of carbonyl (C=O) groups is 2. The average Bonchev–Trinajstić information content (AvgIpc) is 2.86. The van der Waals surface area contributed by atoms with Crippen LogP contribution in [0.3, 0.4) is 0 Å². The molecule has 1 amide bonds. The van der Waals surface area contributed by atoms with E-state index in [1.807, 2.05) is 6.92 Å². The Kier molecular flexibility index (Phi) is 6.19. The Balaban J connectivity index is 1.71. The normalized spacial score (nSPS) is 18.8. The molecule has 1 atom stereocenters. The van der Waals surface area contributed by atoms with E-state index in [0.717, 1.165) is 0 Å². The highest BCUT2D eigenvalue weighted by Gasteiger charge is 2.29. The second kappa shape index (κ2) is 8.14. The largest absolute Gasteiger partial charge is 0.494 e. The Morgan fingerprint density at radius 3 is 2.54 bits per heavy atom. The number of sulfone groups is 1.